The molecule has 0 saturated heterocycles. The molecule has 1 N–H and O–H groups in total. The van der Waals surface area contributed by atoms with Gasteiger partial charge in [0.1, 0.15) is 0 Å². The Bertz CT molecular complexity index is 233. The summed E-state index contributed by atoms with van der Waals surface area (Å²) >= 11 is 0. The molecule has 0 rings (SSSR count). The zero-order valence-corrected chi connectivity index (χ0v) is 9.52. The van der Waals surface area contributed by atoms with E-state index in [0.717, 1.165) is 12.8 Å². The van der Waals surface area contributed by atoms with Gasteiger partial charge in [0.2, 0.25) is 0 Å². The van der Waals surface area contributed by atoms with E-state index in [2.05, 4.69) is 16.4 Å². The number of hydrogen-bond acceptors (Lipinski definition) is 3. The standard InChI is InChI=1S/C10H17F3N2O/c1-9(2,7-14)5-3-4-6-15-16-8-10(11,12)13/h15H,3-6,8H2,1-2H3. The molecular formula is C10H17F3N2O. The molecule has 0 bridgehead atoms. The Morgan fingerprint density at radius 1 is 1.25 bits per heavy atom. The van der Waals surface area contributed by atoms with Crippen LogP contribution in [0.2, 0.25) is 0 Å². The number of nitriles is 1. The van der Waals surface area contributed by atoms with Crippen molar-refractivity contribution in [1.29, 1.82) is 5.26 Å². The van der Waals surface area contributed by atoms with E-state index in [9.17, 15) is 13.2 Å². The Morgan fingerprint density at radius 3 is 2.38 bits per heavy atom. The molecule has 0 aromatic heterocycles. The second-order valence-corrected chi connectivity index (χ2v) is 4.25. The molecule has 0 unspecified atom stereocenters. The highest BCUT2D eigenvalue weighted by molar-refractivity contribution is 4.91. The Morgan fingerprint density at radius 2 is 1.88 bits per heavy atom. The molecule has 0 atom stereocenters. The Labute approximate surface area is 93.5 Å². The Kier molecular flexibility index (Phi) is 6.38. The smallest absolute Gasteiger partial charge is 0.292 e. The maximum absolute atomic E-state index is 11.6. The zero-order valence-electron chi connectivity index (χ0n) is 9.52. The number of hydrogen-bond donors (Lipinski definition) is 1. The minimum atomic E-state index is -4.30. The van der Waals surface area contributed by atoms with Crippen LogP contribution in [0.4, 0.5) is 13.2 Å². The quantitative estimate of drug-likeness (QED) is 0.548. The van der Waals surface area contributed by atoms with Crippen LogP contribution in [-0.4, -0.2) is 19.3 Å². The normalized spacial score (nSPS) is 12.5. The van der Waals surface area contributed by atoms with Crippen LogP contribution in [0.1, 0.15) is 33.1 Å². The van der Waals surface area contributed by atoms with Crippen molar-refractivity contribution >= 4 is 0 Å². The molecule has 6 heteroatoms. The lowest BCUT2D eigenvalue weighted by atomic mass is 9.89. The molecule has 0 radical (unpaired) electrons. The molecule has 0 fully saturated rings. The van der Waals surface area contributed by atoms with Gasteiger partial charge in [-0.1, -0.05) is 6.42 Å². The molecule has 0 aliphatic heterocycles. The summed E-state index contributed by atoms with van der Waals surface area (Å²) in [5.74, 6) is 0. The van der Waals surface area contributed by atoms with Crippen LogP contribution in [0, 0.1) is 16.7 Å². The van der Waals surface area contributed by atoms with Gasteiger partial charge >= 0.3 is 6.18 Å². The molecular weight excluding hydrogens is 221 g/mol. The monoisotopic (exact) mass is 238 g/mol. The maximum Gasteiger partial charge on any atom is 0.413 e. The number of unbranched alkanes of at least 4 members (excludes halogenated alkanes) is 1. The third-order valence-electron chi connectivity index (χ3n) is 1.97. The van der Waals surface area contributed by atoms with Gasteiger partial charge in [-0.3, -0.25) is 4.84 Å². The van der Waals surface area contributed by atoms with Crippen molar-refractivity contribution in [2.75, 3.05) is 13.2 Å². The van der Waals surface area contributed by atoms with Crippen molar-refractivity contribution in [3.05, 3.63) is 0 Å². The summed E-state index contributed by atoms with van der Waals surface area (Å²) in [6, 6.07) is 2.16. The molecule has 0 heterocycles. The molecule has 16 heavy (non-hydrogen) atoms. The first kappa shape index (κ1) is 15.2. The van der Waals surface area contributed by atoms with Crippen LogP contribution in [0.5, 0.6) is 0 Å². The minimum Gasteiger partial charge on any atom is -0.292 e. The molecule has 0 aliphatic rings. The van der Waals surface area contributed by atoms with Gasteiger partial charge in [0.25, 0.3) is 0 Å². The van der Waals surface area contributed by atoms with E-state index in [0.29, 0.717) is 13.0 Å². The SMILES string of the molecule is CC(C)(C#N)CCCCNOCC(F)(F)F. The first-order valence-electron chi connectivity index (χ1n) is 5.09. The van der Waals surface area contributed by atoms with Gasteiger partial charge in [0.05, 0.1) is 11.5 Å². The second kappa shape index (κ2) is 6.71. The summed E-state index contributed by atoms with van der Waals surface area (Å²) in [4.78, 5) is 4.22. The van der Waals surface area contributed by atoms with E-state index in [1.807, 2.05) is 13.8 Å². The fraction of sp³-hybridized carbons (Fsp3) is 0.900. The molecule has 0 aromatic rings. The molecule has 0 saturated carbocycles. The lowest BCUT2D eigenvalue weighted by molar-refractivity contribution is -0.189. The minimum absolute atomic E-state index is 0.359. The zero-order chi connectivity index (χ0) is 12.7. The van der Waals surface area contributed by atoms with Gasteiger partial charge in [-0.25, -0.2) is 5.48 Å². The van der Waals surface area contributed by atoms with Crippen LogP contribution >= 0.6 is 0 Å². The van der Waals surface area contributed by atoms with Crippen molar-refractivity contribution in [3.63, 3.8) is 0 Å². The topological polar surface area (TPSA) is 45.0 Å². The van der Waals surface area contributed by atoms with Gasteiger partial charge in [-0.15, -0.1) is 0 Å². The average Bonchev–Trinajstić information content (AvgIpc) is 2.14. The number of alkyl halides is 3. The average molecular weight is 238 g/mol. The number of hydroxylamine groups is 1. The number of rotatable bonds is 7. The second-order valence-electron chi connectivity index (χ2n) is 4.25. The van der Waals surface area contributed by atoms with Crippen LogP contribution < -0.4 is 5.48 Å². The highest BCUT2D eigenvalue weighted by Crippen LogP contribution is 2.21. The van der Waals surface area contributed by atoms with Gasteiger partial charge in [-0.2, -0.15) is 18.4 Å². The summed E-state index contributed by atoms with van der Waals surface area (Å²) in [6.45, 7) is 2.75. The molecule has 3 nitrogen and oxygen atoms in total. The lowest BCUT2D eigenvalue weighted by Gasteiger charge is -2.14. The largest absolute Gasteiger partial charge is 0.413 e. The fourth-order valence-electron chi connectivity index (χ4n) is 1.03. The van der Waals surface area contributed by atoms with E-state index in [-0.39, 0.29) is 5.41 Å². The first-order chi connectivity index (χ1) is 7.27. The highest BCUT2D eigenvalue weighted by Gasteiger charge is 2.27. The summed E-state index contributed by atoms with van der Waals surface area (Å²) in [7, 11) is 0. The molecule has 94 valence electrons. The predicted molar refractivity (Wildman–Crippen MR) is 53.3 cm³/mol. The lowest BCUT2D eigenvalue weighted by Crippen LogP contribution is -2.25. The van der Waals surface area contributed by atoms with Crippen molar-refractivity contribution in [2.24, 2.45) is 5.41 Å². The van der Waals surface area contributed by atoms with Gasteiger partial charge in [-0.05, 0) is 26.7 Å². The van der Waals surface area contributed by atoms with E-state index in [4.69, 9.17) is 5.26 Å². The van der Waals surface area contributed by atoms with E-state index in [1.54, 1.807) is 0 Å². The summed E-state index contributed by atoms with van der Waals surface area (Å²) < 4.78 is 34.9. The summed E-state index contributed by atoms with van der Waals surface area (Å²) in [5, 5.41) is 8.71. The van der Waals surface area contributed by atoms with Gasteiger partial charge in [0, 0.05) is 6.54 Å². The van der Waals surface area contributed by atoms with Crippen molar-refractivity contribution in [2.45, 2.75) is 39.3 Å². The van der Waals surface area contributed by atoms with Crippen LogP contribution in [0.25, 0.3) is 0 Å². The fourth-order valence-corrected chi connectivity index (χ4v) is 1.03. The molecule has 0 amide bonds. The maximum atomic E-state index is 11.6. The van der Waals surface area contributed by atoms with Gasteiger partial charge < -0.3 is 0 Å². The third-order valence-corrected chi connectivity index (χ3v) is 1.97. The predicted octanol–water partition coefficient (Wildman–Crippen LogP) is 2.79. The van der Waals surface area contributed by atoms with E-state index < -0.39 is 12.8 Å². The van der Waals surface area contributed by atoms with Crippen LogP contribution in [0.15, 0.2) is 0 Å². The van der Waals surface area contributed by atoms with E-state index >= 15 is 0 Å². The number of nitrogens with one attached hydrogen (secondary N) is 1. The van der Waals surface area contributed by atoms with Crippen molar-refractivity contribution in [1.82, 2.24) is 5.48 Å². The van der Waals surface area contributed by atoms with Crippen molar-refractivity contribution < 1.29 is 18.0 Å². The van der Waals surface area contributed by atoms with Crippen LogP contribution in [-0.2, 0) is 4.84 Å². The van der Waals surface area contributed by atoms with E-state index in [1.165, 1.54) is 0 Å². The molecule has 0 aliphatic carbocycles. The van der Waals surface area contributed by atoms with Crippen LogP contribution in [0.3, 0.4) is 0 Å². The first-order valence-corrected chi connectivity index (χ1v) is 5.09. The highest BCUT2D eigenvalue weighted by atomic mass is 19.4. The summed E-state index contributed by atoms with van der Waals surface area (Å²) in [5.41, 5.74) is 1.88. The summed E-state index contributed by atoms with van der Waals surface area (Å²) in [6.07, 6.45) is -2.11. The Hall–Kier alpha value is -0.800. The Balaban J connectivity index is 3.33. The number of nitrogens with zero attached hydrogens (tertiary/aromatic N) is 1. The van der Waals surface area contributed by atoms with Gasteiger partial charge in [0.15, 0.2) is 6.61 Å². The number of halogens is 3. The molecule has 0 aromatic carbocycles. The molecule has 0 spiro atoms. The van der Waals surface area contributed by atoms with Crippen molar-refractivity contribution in [3.8, 4) is 6.07 Å². The third kappa shape index (κ3) is 9.74.